The minimum absolute atomic E-state index is 0.230. The van der Waals surface area contributed by atoms with Gasteiger partial charge in [0.05, 0.1) is 0 Å². The molecule has 2 N–H and O–H groups in total. The van der Waals surface area contributed by atoms with Crippen LogP contribution in [0.4, 0.5) is 0 Å². The van der Waals surface area contributed by atoms with E-state index < -0.39 is 0 Å². The van der Waals surface area contributed by atoms with E-state index in [-0.39, 0.29) is 11.0 Å². The molecule has 5 rings (SSSR count). The van der Waals surface area contributed by atoms with E-state index in [2.05, 4.69) is 41.6 Å². The van der Waals surface area contributed by atoms with Crippen molar-refractivity contribution in [2.75, 3.05) is 0 Å². The molecule has 0 bridgehead atoms. The number of halogens is 1. The van der Waals surface area contributed by atoms with Gasteiger partial charge in [0.25, 0.3) is 0 Å². The maximum absolute atomic E-state index is 12.3. The first-order valence-corrected chi connectivity index (χ1v) is 13.7. The van der Waals surface area contributed by atoms with E-state index in [1.807, 2.05) is 61.5 Å². The highest BCUT2D eigenvalue weighted by Gasteiger charge is 2.11. The second kappa shape index (κ2) is 11.9. The van der Waals surface area contributed by atoms with Gasteiger partial charge in [0, 0.05) is 28.8 Å². The van der Waals surface area contributed by atoms with E-state index in [9.17, 15) is 4.79 Å². The lowest BCUT2D eigenvalue weighted by Gasteiger charge is -2.08. The normalized spacial score (nSPS) is 11.4. The van der Waals surface area contributed by atoms with Crippen LogP contribution in [0.2, 0.25) is 5.02 Å². The minimum Gasteiger partial charge on any atom is -0.457 e. The van der Waals surface area contributed by atoms with Crippen molar-refractivity contribution in [3.05, 3.63) is 106 Å². The Labute approximate surface area is 243 Å². The number of nitrogens with one attached hydrogen (secondary N) is 2. The fraction of sp³-hybridized carbons (Fsp3) is 0.156. The maximum Gasteiger partial charge on any atom is 0.250 e. The molecule has 0 saturated heterocycles. The van der Waals surface area contributed by atoms with Crippen molar-refractivity contribution in [2.45, 2.75) is 33.2 Å². The van der Waals surface area contributed by atoms with Crippen molar-refractivity contribution in [3.8, 4) is 22.8 Å². The van der Waals surface area contributed by atoms with Gasteiger partial charge in [-0.25, -0.2) is 4.98 Å². The number of nitrogens with zero attached hydrogens (tertiary/aromatic N) is 1. The Hall–Kier alpha value is -4.20. The molecule has 5 aromatic rings. The molecule has 0 aliphatic rings. The molecule has 0 radical (unpaired) electrons. The van der Waals surface area contributed by atoms with Crippen LogP contribution in [0.15, 0.2) is 87.7 Å². The molecule has 1 amide bonds. The molecule has 0 unspecified atom stereocenters. The summed E-state index contributed by atoms with van der Waals surface area (Å²) in [4.78, 5) is 17.0. The third-order valence-electron chi connectivity index (χ3n) is 6.45. The minimum atomic E-state index is -0.360. The molecule has 0 saturated carbocycles. The summed E-state index contributed by atoms with van der Waals surface area (Å²) in [7, 11) is 0. The molecule has 202 valence electrons. The number of hydrogen-bond donors (Lipinski definition) is 2. The molecule has 40 heavy (non-hydrogen) atoms. The van der Waals surface area contributed by atoms with E-state index in [0.29, 0.717) is 34.9 Å². The van der Waals surface area contributed by atoms with E-state index in [4.69, 9.17) is 32.7 Å². The summed E-state index contributed by atoms with van der Waals surface area (Å²) in [6.45, 7) is 6.71. The molecule has 0 spiro atoms. The lowest BCUT2D eigenvalue weighted by molar-refractivity contribution is -0.115. The number of aryl methyl sites for hydroxylation is 1. The van der Waals surface area contributed by atoms with Crippen LogP contribution in [0.3, 0.4) is 0 Å². The Kier molecular flexibility index (Phi) is 8.14. The summed E-state index contributed by atoms with van der Waals surface area (Å²) in [5, 5.41) is 6.60. The zero-order chi connectivity index (χ0) is 28.2. The molecule has 0 fully saturated rings. The van der Waals surface area contributed by atoms with Crippen LogP contribution in [0.25, 0.3) is 40.0 Å². The molecule has 0 atom stereocenters. The fourth-order valence-corrected chi connectivity index (χ4v) is 4.43. The summed E-state index contributed by atoms with van der Waals surface area (Å²) in [5.41, 5.74) is 6.59. The van der Waals surface area contributed by atoms with Gasteiger partial charge in [-0.3, -0.25) is 10.1 Å². The van der Waals surface area contributed by atoms with Crippen molar-refractivity contribution in [1.82, 2.24) is 15.6 Å². The van der Waals surface area contributed by atoms with Crippen LogP contribution >= 0.6 is 23.8 Å². The molecule has 6 nitrogen and oxygen atoms in total. The summed E-state index contributed by atoms with van der Waals surface area (Å²) in [6, 6.07) is 23.3. The van der Waals surface area contributed by atoms with Gasteiger partial charge in [-0.05, 0) is 90.3 Å². The van der Waals surface area contributed by atoms with E-state index in [1.165, 1.54) is 11.6 Å². The van der Waals surface area contributed by atoms with E-state index >= 15 is 0 Å². The Morgan fingerprint density at radius 1 is 1.00 bits per heavy atom. The van der Waals surface area contributed by atoms with Crippen molar-refractivity contribution in [2.24, 2.45) is 0 Å². The highest BCUT2D eigenvalue weighted by Crippen LogP contribution is 2.28. The molecule has 0 aliphatic carbocycles. The Balaban J connectivity index is 1.12. The number of oxazole rings is 1. The number of rotatable bonds is 7. The maximum atomic E-state index is 12.3. The molecule has 2 aromatic heterocycles. The second-order valence-electron chi connectivity index (χ2n) is 9.77. The van der Waals surface area contributed by atoms with Gasteiger partial charge in [-0.1, -0.05) is 55.8 Å². The number of carbonyl (C=O) groups excluding carboxylic acids is 1. The van der Waals surface area contributed by atoms with Gasteiger partial charge in [-0.15, -0.1) is 0 Å². The van der Waals surface area contributed by atoms with Crippen LogP contribution in [0, 0.1) is 6.92 Å². The van der Waals surface area contributed by atoms with Crippen LogP contribution < -0.4 is 10.6 Å². The number of carbonyl (C=O) groups is 1. The average molecular weight is 570 g/mol. The Morgan fingerprint density at radius 2 is 1.77 bits per heavy atom. The molecule has 8 heteroatoms. The molecular weight excluding hydrogens is 542 g/mol. The van der Waals surface area contributed by atoms with Gasteiger partial charge in [0.15, 0.2) is 10.7 Å². The standard InChI is InChI=1S/C32H28ClN3O3S/c1-19(2)23-10-13-29-27(17-23)35-31(39-29)22-8-5-21(6-9-22)18-34-32(40)36-30(37)15-12-25-11-14-28(38-25)24-7-4-20(3)26(33)16-24/h4-17,19H,18H2,1-3H3,(H2,34,36,37,40)/b15-12+. The zero-order valence-corrected chi connectivity index (χ0v) is 23.9. The largest absolute Gasteiger partial charge is 0.457 e. The third-order valence-corrected chi connectivity index (χ3v) is 7.10. The summed E-state index contributed by atoms with van der Waals surface area (Å²) in [6.07, 6.45) is 2.96. The summed E-state index contributed by atoms with van der Waals surface area (Å²) >= 11 is 11.5. The van der Waals surface area contributed by atoms with Crippen LogP contribution in [0.1, 0.15) is 42.2 Å². The van der Waals surface area contributed by atoms with Gasteiger partial charge < -0.3 is 14.2 Å². The predicted molar refractivity (Wildman–Crippen MR) is 164 cm³/mol. The number of benzene rings is 3. The van der Waals surface area contributed by atoms with Crippen LogP contribution in [0.5, 0.6) is 0 Å². The highest BCUT2D eigenvalue weighted by molar-refractivity contribution is 7.80. The van der Waals surface area contributed by atoms with Gasteiger partial charge in [-0.2, -0.15) is 0 Å². The first-order valence-electron chi connectivity index (χ1n) is 12.9. The smallest absolute Gasteiger partial charge is 0.250 e. The number of aromatic nitrogens is 1. The Bertz CT molecular complexity index is 1720. The van der Waals surface area contributed by atoms with Crippen molar-refractivity contribution in [3.63, 3.8) is 0 Å². The van der Waals surface area contributed by atoms with Gasteiger partial charge in [0.1, 0.15) is 17.0 Å². The zero-order valence-electron chi connectivity index (χ0n) is 22.3. The predicted octanol–water partition coefficient (Wildman–Crippen LogP) is 8.04. The van der Waals surface area contributed by atoms with Crippen molar-refractivity contribution >= 4 is 52.0 Å². The Morgan fingerprint density at radius 3 is 2.52 bits per heavy atom. The fourth-order valence-electron chi connectivity index (χ4n) is 4.07. The number of thiocarbonyl (C=S) groups is 1. The van der Waals surface area contributed by atoms with Gasteiger partial charge in [0.2, 0.25) is 11.8 Å². The first-order chi connectivity index (χ1) is 19.2. The molecular formula is C32H28ClN3O3S. The number of furan rings is 1. The number of fused-ring (bicyclic) bond motifs is 1. The molecule has 0 aliphatic heterocycles. The van der Waals surface area contributed by atoms with Gasteiger partial charge >= 0.3 is 0 Å². The van der Waals surface area contributed by atoms with Crippen LogP contribution in [-0.2, 0) is 11.3 Å². The SMILES string of the molecule is Cc1ccc(-c2ccc(/C=C/C(=O)NC(=S)NCc3ccc(-c4nc5cc(C(C)C)ccc5o4)cc3)o2)cc1Cl. The number of amides is 1. The molecule has 2 heterocycles. The third kappa shape index (κ3) is 6.50. The van der Waals surface area contributed by atoms with E-state index in [1.54, 1.807) is 12.1 Å². The average Bonchev–Trinajstić information content (AvgIpc) is 3.59. The second-order valence-corrected chi connectivity index (χ2v) is 10.6. The first kappa shape index (κ1) is 27.4. The summed E-state index contributed by atoms with van der Waals surface area (Å²) in [5.74, 6) is 1.86. The monoisotopic (exact) mass is 569 g/mol. The summed E-state index contributed by atoms with van der Waals surface area (Å²) < 4.78 is 11.8. The lowest BCUT2D eigenvalue weighted by atomic mass is 10.0. The highest BCUT2D eigenvalue weighted by atomic mass is 35.5. The molecule has 3 aromatic carbocycles. The lowest BCUT2D eigenvalue weighted by Crippen LogP contribution is -2.37. The quantitative estimate of drug-likeness (QED) is 0.152. The number of hydrogen-bond acceptors (Lipinski definition) is 5. The van der Waals surface area contributed by atoms with Crippen LogP contribution in [-0.4, -0.2) is 16.0 Å². The van der Waals surface area contributed by atoms with Crippen molar-refractivity contribution < 1.29 is 13.6 Å². The topological polar surface area (TPSA) is 80.3 Å². The van der Waals surface area contributed by atoms with Crippen molar-refractivity contribution in [1.29, 1.82) is 0 Å². The van der Waals surface area contributed by atoms with E-state index in [0.717, 1.165) is 33.4 Å².